The monoisotopic (exact) mass is 222 g/mol. The van der Waals surface area contributed by atoms with Gasteiger partial charge in [0.05, 0.1) is 6.61 Å². The normalized spacial score (nSPS) is 30.5. The van der Waals surface area contributed by atoms with Gasteiger partial charge in [0.2, 0.25) is 0 Å². The van der Waals surface area contributed by atoms with Crippen LogP contribution in [-0.4, -0.2) is 6.61 Å². The Morgan fingerprint density at radius 2 is 1.62 bits per heavy atom. The number of allylic oxidation sites excluding steroid dienone is 3. The second kappa shape index (κ2) is 6.74. The van der Waals surface area contributed by atoms with E-state index in [0.717, 1.165) is 19.4 Å². The fraction of sp³-hybridized carbons (Fsp3) is 0.714. The van der Waals surface area contributed by atoms with Crippen LogP contribution in [0.25, 0.3) is 0 Å². The van der Waals surface area contributed by atoms with Gasteiger partial charge in [0.1, 0.15) is 6.26 Å². The minimum Gasteiger partial charge on any atom is -0.345 e. The molecular weight excluding hydrogens is 200 g/mol. The highest BCUT2D eigenvalue weighted by Crippen LogP contribution is 2.27. The van der Waals surface area contributed by atoms with Crippen molar-refractivity contribution < 1.29 is 9.78 Å². The molecule has 0 aromatic heterocycles. The number of hydrogen-bond acceptors (Lipinski definition) is 2. The summed E-state index contributed by atoms with van der Waals surface area (Å²) in [5, 5.41) is 0. The van der Waals surface area contributed by atoms with Gasteiger partial charge >= 0.3 is 0 Å². The molecule has 0 atom stereocenters. The lowest BCUT2D eigenvalue weighted by Crippen LogP contribution is -2.02. The van der Waals surface area contributed by atoms with Crippen LogP contribution in [0.2, 0.25) is 0 Å². The summed E-state index contributed by atoms with van der Waals surface area (Å²) in [5.41, 5.74) is 2.87. The Morgan fingerprint density at radius 1 is 0.812 bits per heavy atom. The lowest BCUT2D eigenvalue weighted by molar-refractivity contribution is -0.251. The summed E-state index contributed by atoms with van der Waals surface area (Å²) >= 11 is 0. The first-order chi connectivity index (χ1) is 7.97. The van der Waals surface area contributed by atoms with Gasteiger partial charge in [0.15, 0.2) is 0 Å². The molecular formula is C14H22O2. The molecule has 0 aromatic carbocycles. The molecule has 0 radical (unpaired) electrons. The predicted molar refractivity (Wildman–Crippen MR) is 64.8 cm³/mol. The smallest absolute Gasteiger partial charge is 0.133 e. The molecule has 1 aliphatic heterocycles. The van der Waals surface area contributed by atoms with Crippen molar-refractivity contribution in [3.05, 3.63) is 23.5 Å². The first-order valence-electron chi connectivity index (χ1n) is 6.63. The molecule has 0 amide bonds. The fourth-order valence-electron chi connectivity index (χ4n) is 2.40. The third-order valence-electron chi connectivity index (χ3n) is 3.39. The predicted octanol–water partition coefficient (Wildman–Crippen LogP) is 4.28. The molecule has 2 heteroatoms. The SMILES string of the molecule is C1=C(/C2=C/OOCCCC2)CCCCCC/1. The van der Waals surface area contributed by atoms with Crippen molar-refractivity contribution in [2.75, 3.05) is 6.61 Å². The first-order valence-corrected chi connectivity index (χ1v) is 6.63. The molecule has 0 saturated heterocycles. The van der Waals surface area contributed by atoms with Gasteiger partial charge < -0.3 is 4.89 Å². The molecule has 2 aliphatic rings. The quantitative estimate of drug-likeness (QED) is 0.616. The summed E-state index contributed by atoms with van der Waals surface area (Å²) in [5.74, 6) is 0. The third-order valence-corrected chi connectivity index (χ3v) is 3.39. The van der Waals surface area contributed by atoms with E-state index in [0.29, 0.717) is 0 Å². The molecule has 0 fully saturated rings. The van der Waals surface area contributed by atoms with E-state index in [-0.39, 0.29) is 0 Å². The lowest BCUT2D eigenvalue weighted by Gasteiger charge is -2.16. The van der Waals surface area contributed by atoms with E-state index in [1.54, 1.807) is 0 Å². The van der Waals surface area contributed by atoms with Crippen molar-refractivity contribution in [2.24, 2.45) is 0 Å². The first kappa shape index (κ1) is 11.7. The van der Waals surface area contributed by atoms with Crippen LogP contribution in [0.1, 0.15) is 57.8 Å². The standard InChI is InChI=1S/C14H22O2/c1-2-4-8-13(9-5-3-1)14-10-6-7-11-15-16-12-14/h8,12H,1-7,9-11H2/b13-8+,14-12+. The van der Waals surface area contributed by atoms with E-state index in [4.69, 9.17) is 9.78 Å². The van der Waals surface area contributed by atoms with Gasteiger partial charge in [-0.2, -0.15) is 4.89 Å². The summed E-state index contributed by atoms with van der Waals surface area (Å²) in [6, 6.07) is 0. The van der Waals surface area contributed by atoms with E-state index in [1.165, 1.54) is 56.1 Å². The van der Waals surface area contributed by atoms with Crippen LogP contribution >= 0.6 is 0 Å². The van der Waals surface area contributed by atoms with Crippen LogP contribution in [0, 0.1) is 0 Å². The summed E-state index contributed by atoms with van der Waals surface area (Å²) in [7, 11) is 0. The molecule has 2 rings (SSSR count). The Hall–Kier alpha value is -0.760. The van der Waals surface area contributed by atoms with Gasteiger partial charge in [-0.3, -0.25) is 0 Å². The van der Waals surface area contributed by atoms with Gasteiger partial charge in [-0.1, -0.05) is 18.9 Å². The highest BCUT2D eigenvalue weighted by atomic mass is 17.2. The molecule has 2 nitrogen and oxygen atoms in total. The van der Waals surface area contributed by atoms with Crippen molar-refractivity contribution in [2.45, 2.75) is 57.8 Å². The Bertz CT molecular complexity index is 238. The van der Waals surface area contributed by atoms with Gasteiger partial charge in [0.25, 0.3) is 0 Å². The van der Waals surface area contributed by atoms with E-state index in [9.17, 15) is 0 Å². The summed E-state index contributed by atoms with van der Waals surface area (Å²) in [6.45, 7) is 0.725. The Balaban J connectivity index is 2.01. The van der Waals surface area contributed by atoms with Crippen LogP contribution in [0.5, 0.6) is 0 Å². The fourth-order valence-corrected chi connectivity index (χ4v) is 2.40. The van der Waals surface area contributed by atoms with Gasteiger partial charge in [-0.05, 0) is 56.1 Å². The van der Waals surface area contributed by atoms with E-state index >= 15 is 0 Å². The average molecular weight is 222 g/mol. The number of hydrogen-bond donors (Lipinski definition) is 0. The van der Waals surface area contributed by atoms with Crippen molar-refractivity contribution >= 4 is 0 Å². The molecule has 0 N–H and O–H groups in total. The Labute approximate surface area is 98.2 Å². The van der Waals surface area contributed by atoms with Crippen molar-refractivity contribution in [1.82, 2.24) is 0 Å². The minimum absolute atomic E-state index is 0.725. The van der Waals surface area contributed by atoms with Crippen LogP contribution in [0.15, 0.2) is 23.5 Å². The molecule has 1 heterocycles. The minimum atomic E-state index is 0.725. The zero-order valence-corrected chi connectivity index (χ0v) is 10.0. The molecule has 1 aliphatic carbocycles. The average Bonchev–Trinajstić information content (AvgIpc) is 2.18. The topological polar surface area (TPSA) is 18.5 Å². The van der Waals surface area contributed by atoms with Gasteiger partial charge in [0, 0.05) is 0 Å². The zero-order chi connectivity index (χ0) is 11.1. The Kier molecular flexibility index (Phi) is 4.94. The van der Waals surface area contributed by atoms with Crippen LogP contribution in [-0.2, 0) is 9.78 Å². The van der Waals surface area contributed by atoms with Crippen LogP contribution < -0.4 is 0 Å². The van der Waals surface area contributed by atoms with Gasteiger partial charge in [-0.15, -0.1) is 0 Å². The van der Waals surface area contributed by atoms with Crippen LogP contribution in [0.3, 0.4) is 0 Å². The molecule has 16 heavy (non-hydrogen) atoms. The van der Waals surface area contributed by atoms with E-state index in [2.05, 4.69) is 6.08 Å². The second-order valence-electron chi connectivity index (χ2n) is 4.70. The highest BCUT2D eigenvalue weighted by Gasteiger charge is 2.10. The summed E-state index contributed by atoms with van der Waals surface area (Å²) in [6.07, 6.45) is 15.6. The van der Waals surface area contributed by atoms with E-state index in [1.807, 2.05) is 6.26 Å². The second-order valence-corrected chi connectivity index (χ2v) is 4.70. The maximum atomic E-state index is 5.11. The molecule has 0 saturated carbocycles. The van der Waals surface area contributed by atoms with Crippen molar-refractivity contribution in [1.29, 1.82) is 0 Å². The van der Waals surface area contributed by atoms with Crippen LogP contribution in [0.4, 0.5) is 0 Å². The largest absolute Gasteiger partial charge is 0.345 e. The third kappa shape index (κ3) is 3.67. The molecule has 0 aromatic rings. The molecule has 0 bridgehead atoms. The van der Waals surface area contributed by atoms with E-state index < -0.39 is 0 Å². The van der Waals surface area contributed by atoms with Crippen molar-refractivity contribution in [3.63, 3.8) is 0 Å². The molecule has 0 spiro atoms. The number of rotatable bonds is 1. The summed E-state index contributed by atoms with van der Waals surface area (Å²) < 4.78 is 0. The highest BCUT2D eigenvalue weighted by molar-refractivity contribution is 5.29. The maximum Gasteiger partial charge on any atom is 0.133 e. The van der Waals surface area contributed by atoms with Crippen molar-refractivity contribution in [3.8, 4) is 0 Å². The molecule has 0 unspecified atom stereocenters. The lowest BCUT2D eigenvalue weighted by atomic mass is 9.92. The molecule has 90 valence electrons. The van der Waals surface area contributed by atoms with Gasteiger partial charge in [-0.25, -0.2) is 0 Å². The zero-order valence-electron chi connectivity index (χ0n) is 10.0. The maximum absolute atomic E-state index is 5.11. The Morgan fingerprint density at radius 3 is 2.62 bits per heavy atom. The summed E-state index contributed by atoms with van der Waals surface area (Å²) in [4.78, 5) is 10.2.